The summed E-state index contributed by atoms with van der Waals surface area (Å²) in [6, 6.07) is 13.7. The van der Waals surface area contributed by atoms with Crippen molar-refractivity contribution >= 4 is 17.3 Å². The molecule has 2 aromatic rings. The molecule has 0 heterocycles. The Labute approximate surface area is 123 Å². The molecule has 2 aromatic carbocycles. The van der Waals surface area contributed by atoms with E-state index in [2.05, 4.69) is 0 Å². The molecule has 5 heteroatoms. The number of methoxy groups -OCH3 is 1. The zero-order valence-electron chi connectivity index (χ0n) is 11.8. The van der Waals surface area contributed by atoms with E-state index in [0.717, 1.165) is 0 Å². The molecular formula is C16H15N3O2. The second-order valence-corrected chi connectivity index (χ2v) is 4.48. The van der Waals surface area contributed by atoms with E-state index in [0.29, 0.717) is 28.3 Å². The highest BCUT2D eigenvalue weighted by atomic mass is 16.5. The van der Waals surface area contributed by atoms with Crippen LogP contribution in [0.4, 0.5) is 11.4 Å². The second-order valence-electron chi connectivity index (χ2n) is 4.48. The zero-order valence-corrected chi connectivity index (χ0v) is 11.8. The molecule has 0 radical (unpaired) electrons. The van der Waals surface area contributed by atoms with Crippen LogP contribution in [0.25, 0.3) is 0 Å². The minimum atomic E-state index is -0.233. The lowest BCUT2D eigenvalue weighted by atomic mass is 10.1. The molecule has 0 fully saturated rings. The summed E-state index contributed by atoms with van der Waals surface area (Å²) in [7, 11) is 3.16. The van der Waals surface area contributed by atoms with Crippen molar-refractivity contribution in [2.45, 2.75) is 0 Å². The molecule has 0 unspecified atom stereocenters. The molecule has 0 spiro atoms. The van der Waals surface area contributed by atoms with Gasteiger partial charge in [0.15, 0.2) is 0 Å². The number of carbonyl (C=O) groups is 1. The molecule has 0 aliphatic carbocycles. The van der Waals surface area contributed by atoms with E-state index in [9.17, 15) is 4.79 Å². The summed E-state index contributed by atoms with van der Waals surface area (Å²) in [6.45, 7) is 0. The SMILES string of the molecule is COc1ccc(N)cc1C(=O)N(C)c1ccc(C#N)cc1. The van der Waals surface area contributed by atoms with Gasteiger partial charge in [-0.05, 0) is 42.5 Å². The van der Waals surface area contributed by atoms with Crippen molar-refractivity contribution < 1.29 is 9.53 Å². The third-order valence-corrected chi connectivity index (χ3v) is 3.14. The molecule has 21 heavy (non-hydrogen) atoms. The van der Waals surface area contributed by atoms with Crippen LogP contribution in [0.1, 0.15) is 15.9 Å². The number of rotatable bonds is 3. The maximum Gasteiger partial charge on any atom is 0.261 e. The van der Waals surface area contributed by atoms with Gasteiger partial charge in [-0.2, -0.15) is 5.26 Å². The Hall–Kier alpha value is -3.00. The molecule has 2 N–H and O–H groups in total. The molecule has 0 aliphatic rings. The van der Waals surface area contributed by atoms with Crippen molar-refractivity contribution in [2.75, 3.05) is 24.8 Å². The quantitative estimate of drug-likeness (QED) is 0.876. The normalized spacial score (nSPS) is 9.76. The van der Waals surface area contributed by atoms with Gasteiger partial charge in [0.2, 0.25) is 0 Å². The van der Waals surface area contributed by atoms with Crippen LogP contribution < -0.4 is 15.4 Å². The van der Waals surface area contributed by atoms with E-state index in [1.54, 1.807) is 49.5 Å². The van der Waals surface area contributed by atoms with Crippen molar-refractivity contribution in [3.8, 4) is 11.8 Å². The highest BCUT2D eigenvalue weighted by Gasteiger charge is 2.18. The fourth-order valence-corrected chi connectivity index (χ4v) is 1.95. The lowest BCUT2D eigenvalue weighted by molar-refractivity contribution is 0.0990. The summed E-state index contributed by atoms with van der Waals surface area (Å²) in [5.41, 5.74) is 7.85. The topological polar surface area (TPSA) is 79.3 Å². The number of hydrogen-bond donors (Lipinski definition) is 1. The summed E-state index contributed by atoms with van der Waals surface area (Å²) in [4.78, 5) is 14.0. The standard InChI is InChI=1S/C16H15N3O2/c1-19(13-6-3-11(10-17)4-7-13)16(20)14-9-12(18)5-8-15(14)21-2/h3-9H,18H2,1-2H3. The van der Waals surface area contributed by atoms with Crippen LogP contribution in [0.5, 0.6) is 5.75 Å². The average molecular weight is 281 g/mol. The van der Waals surface area contributed by atoms with Gasteiger partial charge in [0.1, 0.15) is 5.75 Å². The number of nitrogens with zero attached hydrogens (tertiary/aromatic N) is 2. The number of carbonyl (C=O) groups excluding carboxylic acids is 1. The number of anilines is 2. The van der Waals surface area contributed by atoms with E-state index in [-0.39, 0.29) is 5.91 Å². The number of ether oxygens (including phenoxy) is 1. The molecule has 0 aromatic heterocycles. The third-order valence-electron chi connectivity index (χ3n) is 3.14. The fraction of sp³-hybridized carbons (Fsp3) is 0.125. The predicted molar refractivity (Wildman–Crippen MR) is 81.3 cm³/mol. The Morgan fingerprint density at radius 2 is 1.90 bits per heavy atom. The number of nitrogen functional groups attached to an aromatic ring is 1. The highest BCUT2D eigenvalue weighted by molar-refractivity contribution is 6.08. The van der Waals surface area contributed by atoms with E-state index in [1.807, 2.05) is 6.07 Å². The Balaban J connectivity index is 2.34. The van der Waals surface area contributed by atoms with Gasteiger partial charge < -0.3 is 15.4 Å². The van der Waals surface area contributed by atoms with E-state index in [1.165, 1.54) is 12.0 Å². The van der Waals surface area contributed by atoms with Gasteiger partial charge in [-0.25, -0.2) is 0 Å². The molecule has 0 saturated carbocycles. The molecule has 0 bridgehead atoms. The molecular weight excluding hydrogens is 266 g/mol. The first-order valence-corrected chi connectivity index (χ1v) is 6.28. The smallest absolute Gasteiger partial charge is 0.261 e. The predicted octanol–water partition coefficient (Wildman–Crippen LogP) is 2.43. The van der Waals surface area contributed by atoms with Crippen LogP contribution in [0, 0.1) is 11.3 Å². The summed E-state index contributed by atoms with van der Waals surface area (Å²) in [5, 5.41) is 8.79. The monoisotopic (exact) mass is 281 g/mol. The number of nitriles is 1. The molecule has 106 valence electrons. The molecule has 0 atom stereocenters. The summed E-state index contributed by atoms with van der Waals surface area (Å²) >= 11 is 0. The number of nitrogens with two attached hydrogens (primary N) is 1. The van der Waals surface area contributed by atoms with Crippen LogP contribution in [0.15, 0.2) is 42.5 Å². The number of hydrogen-bond acceptors (Lipinski definition) is 4. The van der Waals surface area contributed by atoms with Gasteiger partial charge >= 0.3 is 0 Å². The molecule has 0 saturated heterocycles. The van der Waals surface area contributed by atoms with Crippen molar-refractivity contribution in [1.29, 1.82) is 5.26 Å². The van der Waals surface area contributed by atoms with Crippen LogP contribution in [-0.2, 0) is 0 Å². The van der Waals surface area contributed by atoms with Gasteiger partial charge in [-0.3, -0.25) is 4.79 Å². The van der Waals surface area contributed by atoms with Gasteiger partial charge in [-0.15, -0.1) is 0 Å². The second kappa shape index (κ2) is 5.97. The van der Waals surface area contributed by atoms with Gasteiger partial charge in [0, 0.05) is 18.4 Å². The molecule has 0 aliphatic heterocycles. The first kappa shape index (κ1) is 14.4. The van der Waals surface area contributed by atoms with Crippen molar-refractivity contribution in [3.63, 3.8) is 0 Å². The van der Waals surface area contributed by atoms with Crippen LogP contribution in [0.3, 0.4) is 0 Å². The number of amides is 1. The first-order valence-electron chi connectivity index (χ1n) is 6.28. The fourth-order valence-electron chi connectivity index (χ4n) is 1.95. The van der Waals surface area contributed by atoms with Crippen molar-refractivity contribution in [1.82, 2.24) is 0 Å². The van der Waals surface area contributed by atoms with Crippen LogP contribution in [-0.4, -0.2) is 20.1 Å². The van der Waals surface area contributed by atoms with E-state index in [4.69, 9.17) is 15.7 Å². The Morgan fingerprint density at radius 3 is 2.48 bits per heavy atom. The van der Waals surface area contributed by atoms with Gasteiger partial charge in [0.25, 0.3) is 5.91 Å². The van der Waals surface area contributed by atoms with Gasteiger partial charge in [0.05, 0.1) is 24.3 Å². The third kappa shape index (κ3) is 2.95. The lowest BCUT2D eigenvalue weighted by Crippen LogP contribution is -2.26. The Bertz CT molecular complexity index is 702. The summed E-state index contributed by atoms with van der Waals surface area (Å²) < 4.78 is 5.20. The van der Waals surface area contributed by atoms with Crippen LogP contribution >= 0.6 is 0 Å². The minimum Gasteiger partial charge on any atom is -0.496 e. The summed E-state index contributed by atoms with van der Waals surface area (Å²) in [5.74, 6) is 0.235. The largest absolute Gasteiger partial charge is 0.496 e. The molecule has 2 rings (SSSR count). The average Bonchev–Trinajstić information content (AvgIpc) is 2.53. The highest BCUT2D eigenvalue weighted by Crippen LogP contribution is 2.24. The minimum absolute atomic E-state index is 0.233. The number of benzene rings is 2. The van der Waals surface area contributed by atoms with Crippen molar-refractivity contribution in [3.05, 3.63) is 53.6 Å². The maximum atomic E-state index is 12.6. The van der Waals surface area contributed by atoms with E-state index < -0.39 is 0 Å². The molecule has 1 amide bonds. The first-order chi connectivity index (χ1) is 10.1. The van der Waals surface area contributed by atoms with Crippen LogP contribution in [0.2, 0.25) is 0 Å². The summed E-state index contributed by atoms with van der Waals surface area (Å²) in [6.07, 6.45) is 0. The zero-order chi connectivity index (χ0) is 15.4. The van der Waals surface area contributed by atoms with Crippen molar-refractivity contribution in [2.24, 2.45) is 0 Å². The maximum absolute atomic E-state index is 12.6. The molecule has 5 nitrogen and oxygen atoms in total. The van der Waals surface area contributed by atoms with Gasteiger partial charge in [-0.1, -0.05) is 0 Å². The Morgan fingerprint density at radius 1 is 1.24 bits per heavy atom. The lowest BCUT2D eigenvalue weighted by Gasteiger charge is -2.19. The Kier molecular flexibility index (Phi) is 4.10. The van der Waals surface area contributed by atoms with E-state index >= 15 is 0 Å².